The monoisotopic (exact) mass is 287 g/mol. The topological polar surface area (TPSA) is 72.7 Å². The van der Waals surface area contributed by atoms with Crippen LogP contribution in [-0.4, -0.2) is 15.1 Å². The zero-order valence-corrected chi connectivity index (χ0v) is 11.7. The molecule has 0 aliphatic rings. The summed E-state index contributed by atoms with van der Waals surface area (Å²) in [6, 6.07) is 19.0. The summed E-state index contributed by atoms with van der Waals surface area (Å²) in [6.45, 7) is 0. The number of para-hydroxylation sites is 2. The van der Waals surface area contributed by atoms with E-state index >= 15 is 0 Å². The highest BCUT2D eigenvalue weighted by Gasteiger charge is 2.11. The molecule has 0 aliphatic heterocycles. The van der Waals surface area contributed by atoms with Gasteiger partial charge in [-0.05, 0) is 23.8 Å². The summed E-state index contributed by atoms with van der Waals surface area (Å²) in [4.78, 5) is 7.37. The molecule has 0 aliphatic carbocycles. The lowest BCUT2D eigenvalue weighted by Gasteiger charge is -1.97. The molecule has 3 rings (SSSR count). The predicted octanol–water partition coefficient (Wildman–Crippen LogP) is 4.07. The lowest BCUT2D eigenvalue weighted by Crippen LogP contribution is -1.89. The normalized spacial score (nSPS) is 12.3. The van der Waals surface area contributed by atoms with Crippen LogP contribution in [-0.2, 0) is 0 Å². The molecule has 0 radical (unpaired) electrons. The van der Waals surface area contributed by atoms with E-state index in [1.54, 1.807) is 6.08 Å². The van der Waals surface area contributed by atoms with Crippen molar-refractivity contribution >= 4 is 22.7 Å². The number of H-pyrrole nitrogens is 1. The molecule has 2 N–H and O–H groups in total. The Morgan fingerprint density at radius 1 is 1.09 bits per heavy atom. The number of benzene rings is 2. The lowest BCUT2D eigenvalue weighted by atomic mass is 10.1. The van der Waals surface area contributed by atoms with Crippen LogP contribution in [0.25, 0.3) is 22.7 Å². The number of hydrogen-bond acceptors (Lipinski definition) is 3. The number of rotatable bonds is 3. The first-order valence-electron chi connectivity index (χ1n) is 6.79. The number of fused-ring (bicyclic) bond motifs is 1. The Bertz CT molecular complexity index is 866. The van der Waals surface area contributed by atoms with Crippen molar-refractivity contribution in [2.45, 2.75) is 0 Å². The van der Waals surface area contributed by atoms with E-state index in [0.29, 0.717) is 5.82 Å². The Hall–Kier alpha value is -3.32. The van der Waals surface area contributed by atoms with Gasteiger partial charge in [0, 0.05) is 0 Å². The number of hydrogen-bond donors (Lipinski definition) is 2. The molecule has 3 aromatic rings. The molecule has 22 heavy (non-hydrogen) atoms. The van der Waals surface area contributed by atoms with Gasteiger partial charge in [-0.2, -0.15) is 5.26 Å². The van der Waals surface area contributed by atoms with E-state index < -0.39 is 0 Å². The maximum Gasteiger partial charge on any atom is 0.152 e. The highest BCUT2D eigenvalue weighted by Crippen LogP contribution is 2.19. The minimum atomic E-state index is -0.120. The summed E-state index contributed by atoms with van der Waals surface area (Å²) < 4.78 is 0. The van der Waals surface area contributed by atoms with Crippen LogP contribution in [0, 0.1) is 11.3 Å². The number of nitrogens with one attached hydrogen (secondary N) is 1. The van der Waals surface area contributed by atoms with Gasteiger partial charge in [-0.15, -0.1) is 0 Å². The fourth-order valence-corrected chi connectivity index (χ4v) is 2.13. The van der Waals surface area contributed by atoms with Crippen molar-refractivity contribution in [1.82, 2.24) is 9.97 Å². The second-order valence-corrected chi connectivity index (χ2v) is 4.72. The molecule has 0 unspecified atom stereocenters. The number of imidazole rings is 1. The van der Waals surface area contributed by atoms with Gasteiger partial charge in [0.05, 0.1) is 11.0 Å². The number of aromatic amines is 1. The average molecular weight is 287 g/mol. The van der Waals surface area contributed by atoms with Gasteiger partial charge in [0.2, 0.25) is 0 Å². The number of aliphatic hydroxyl groups is 1. The molecule has 4 nitrogen and oxygen atoms in total. The third kappa shape index (κ3) is 2.74. The summed E-state index contributed by atoms with van der Waals surface area (Å²) in [5, 5.41) is 19.5. The molecule has 0 fully saturated rings. The SMILES string of the molecule is N#CC(=C(O)/C=C/c1ccccc1)c1nc2ccccc2[nH]1. The molecule has 0 bridgehead atoms. The van der Waals surface area contributed by atoms with Gasteiger partial charge in [-0.3, -0.25) is 0 Å². The second-order valence-electron chi connectivity index (χ2n) is 4.72. The third-order valence-corrected chi connectivity index (χ3v) is 3.23. The van der Waals surface area contributed by atoms with Gasteiger partial charge in [0.25, 0.3) is 0 Å². The van der Waals surface area contributed by atoms with E-state index in [1.807, 2.05) is 60.7 Å². The first-order chi connectivity index (χ1) is 10.8. The van der Waals surface area contributed by atoms with Crippen molar-refractivity contribution in [2.75, 3.05) is 0 Å². The zero-order chi connectivity index (χ0) is 15.4. The Morgan fingerprint density at radius 3 is 2.55 bits per heavy atom. The number of allylic oxidation sites excluding steroid dienone is 2. The maximum absolute atomic E-state index is 10.2. The molecule has 1 heterocycles. The quantitative estimate of drug-likeness (QED) is 0.433. The summed E-state index contributed by atoms with van der Waals surface area (Å²) in [5.74, 6) is 0.240. The second kappa shape index (κ2) is 5.98. The van der Waals surface area contributed by atoms with Crippen LogP contribution in [0.2, 0.25) is 0 Å². The minimum Gasteiger partial charge on any atom is -0.506 e. The number of aromatic nitrogens is 2. The fraction of sp³-hybridized carbons (Fsp3) is 0. The molecule has 0 saturated heterocycles. The van der Waals surface area contributed by atoms with Crippen LogP contribution in [0.5, 0.6) is 0 Å². The molecule has 0 atom stereocenters. The van der Waals surface area contributed by atoms with Gasteiger partial charge in [-0.25, -0.2) is 4.98 Å². The summed E-state index contributed by atoms with van der Waals surface area (Å²) >= 11 is 0. The number of nitrogens with zero attached hydrogens (tertiary/aromatic N) is 2. The van der Waals surface area contributed by atoms with Gasteiger partial charge >= 0.3 is 0 Å². The molecule has 0 spiro atoms. The average Bonchev–Trinajstić information content (AvgIpc) is 2.98. The van der Waals surface area contributed by atoms with Crippen molar-refractivity contribution in [3.05, 3.63) is 77.8 Å². The molecule has 0 saturated carbocycles. The largest absolute Gasteiger partial charge is 0.506 e. The standard InChI is InChI=1S/C18H13N3O/c19-12-14(17(22)11-10-13-6-2-1-3-7-13)18-20-15-8-4-5-9-16(15)21-18/h1-11,22H,(H,20,21)/b11-10+,17-14?. The van der Waals surface area contributed by atoms with Gasteiger partial charge in [0.1, 0.15) is 17.4 Å². The lowest BCUT2D eigenvalue weighted by molar-refractivity contribution is 0.436. The summed E-state index contributed by atoms with van der Waals surface area (Å²) in [7, 11) is 0. The first-order valence-corrected chi connectivity index (χ1v) is 6.79. The Morgan fingerprint density at radius 2 is 1.82 bits per heavy atom. The molecule has 4 heteroatoms. The summed E-state index contributed by atoms with van der Waals surface area (Å²) in [6.07, 6.45) is 3.25. The highest BCUT2D eigenvalue weighted by atomic mass is 16.3. The Labute approximate surface area is 127 Å². The first kappa shape index (κ1) is 13.7. The van der Waals surface area contributed by atoms with Crippen molar-refractivity contribution in [3.8, 4) is 6.07 Å². The Balaban J connectivity index is 1.98. The molecular formula is C18H13N3O. The van der Waals surface area contributed by atoms with Crippen molar-refractivity contribution in [2.24, 2.45) is 0 Å². The van der Waals surface area contributed by atoms with Crippen LogP contribution in [0.1, 0.15) is 11.4 Å². The molecule has 106 valence electrons. The fourth-order valence-electron chi connectivity index (χ4n) is 2.13. The molecule has 2 aromatic carbocycles. The smallest absolute Gasteiger partial charge is 0.152 e. The maximum atomic E-state index is 10.2. The van der Waals surface area contributed by atoms with Crippen LogP contribution in [0.3, 0.4) is 0 Å². The molecule has 1 aromatic heterocycles. The van der Waals surface area contributed by atoms with Gasteiger partial charge in [-0.1, -0.05) is 48.5 Å². The van der Waals surface area contributed by atoms with Crippen LogP contribution < -0.4 is 0 Å². The number of nitriles is 1. The van der Waals surface area contributed by atoms with Crippen molar-refractivity contribution in [3.63, 3.8) is 0 Å². The summed E-state index contributed by atoms with van der Waals surface area (Å²) in [5.41, 5.74) is 2.63. The minimum absolute atomic E-state index is 0.114. The van der Waals surface area contributed by atoms with E-state index in [4.69, 9.17) is 0 Å². The third-order valence-electron chi connectivity index (χ3n) is 3.23. The Kier molecular flexibility index (Phi) is 3.71. The molecular weight excluding hydrogens is 274 g/mol. The van der Waals surface area contributed by atoms with Gasteiger partial charge in [0.15, 0.2) is 5.82 Å². The van der Waals surface area contributed by atoms with Crippen molar-refractivity contribution < 1.29 is 5.11 Å². The zero-order valence-electron chi connectivity index (χ0n) is 11.7. The van der Waals surface area contributed by atoms with E-state index in [9.17, 15) is 10.4 Å². The molecule has 0 amide bonds. The van der Waals surface area contributed by atoms with E-state index in [1.165, 1.54) is 6.08 Å². The number of aliphatic hydroxyl groups excluding tert-OH is 1. The van der Waals surface area contributed by atoms with Crippen LogP contribution in [0.4, 0.5) is 0 Å². The van der Waals surface area contributed by atoms with E-state index in [0.717, 1.165) is 16.6 Å². The van der Waals surface area contributed by atoms with Gasteiger partial charge < -0.3 is 10.1 Å². The van der Waals surface area contributed by atoms with Crippen molar-refractivity contribution in [1.29, 1.82) is 5.26 Å². The highest BCUT2D eigenvalue weighted by molar-refractivity contribution is 5.83. The van der Waals surface area contributed by atoms with E-state index in [2.05, 4.69) is 9.97 Å². The van der Waals surface area contributed by atoms with E-state index in [-0.39, 0.29) is 11.3 Å². The van der Waals surface area contributed by atoms with Crippen LogP contribution in [0.15, 0.2) is 66.4 Å². The van der Waals surface area contributed by atoms with Crippen LogP contribution >= 0.6 is 0 Å². The predicted molar refractivity (Wildman–Crippen MR) is 86.7 cm³/mol.